The van der Waals surface area contributed by atoms with Gasteiger partial charge in [0, 0.05) is 6.08 Å². The first-order chi connectivity index (χ1) is 8.49. The molecule has 1 aromatic rings. The van der Waals surface area contributed by atoms with E-state index in [1.165, 1.54) is 32.4 Å². The first kappa shape index (κ1) is 13.5. The van der Waals surface area contributed by atoms with E-state index in [1.807, 2.05) is 0 Å². The van der Waals surface area contributed by atoms with Crippen LogP contribution in [0.2, 0.25) is 0 Å². The topological polar surface area (TPSA) is 98.9 Å². The summed E-state index contributed by atoms with van der Waals surface area (Å²) < 4.78 is 10.0. The summed E-state index contributed by atoms with van der Waals surface area (Å²) in [6.45, 7) is 0. The number of benzene rings is 1. The van der Waals surface area contributed by atoms with Crippen LogP contribution in [0.1, 0.15) is 5.56 Å². The number of methoxy groups -OCH3 is 2. The van der Waals surface area contributed by atoms with E-state index in [-0.39, 0.29) is 0 Å². The third-order valence-electron chi connectivity index (χ3n) is 2.13. The lowest BCUT2D eigenvalue weighted by molar-refractivity contribution is -0.419. The van der Waals surface area contributed by atoms with E-state index in [0.717, 1.165) is 6.08 Å². The van der Waals surface area contributed by atoms with Gasteiger partial charge >= 0.3 is 11.7 Å². The van der Waals surface area contributed by atoms with Gasteiger partial charge < -0.3 is 14.6 Å². The zero-order valence-electron chi connectivity index (χ0n) is 9.75. The van der Waals surface area contributed by atoms with Gasteiger partial charge in [0.2, 0.25) is 0 Å². The number of nitrogens with zero attached hydrogens (tertiary/aromatic N) is 1. The molecule has 0 spiro atoms. The number of carbonyl (C=O) groups is 1. The molecule has 0 heterocycles. The number of rotatable bonds is 5. The SMILES string of the molecule is COc1ccc(C=C(C(=O)O)[N+](=O)[O-])cc1OC. The highest BCUT2D eigenvalue weighted by atomic mass is 16.6. The molecule has 1 N–H and O–H groups in total. The van der Waals surface area contributed by atoms with E-state index in [9.17, 15) is 14.9 Å². The number of hydrogen-bond donors (Lipinski definition) is 1. The summed E-state index contributed by atoms with van der Waals surface area (Å²) in [5.41, 5.74) is -0.580. The molecule has 1 rings (SSSR count). The first-order valence-electron chi connectivity index (χ1n) is 4.81. The van der Waals surface area contributed by atoms with Crippen LogP contribution >= 0.6 is 0 Å². The van der Waals surface area contributed by atoms with Crippen LogP contribution in [0.4, 0.5) is 0 Å². The van der Waals surface area contributed by atoms with Gasteiger partial charge in [-0.05, 0) is 17.7 Å². The van der Waals surface area contributed by atoms with E-state index >= 15 is 0 Å². The molecule has 0 saturated carbocycles. The van der Waals surface area contributed by atoms with Crippen molar-refractivity contribution in [2.75, 3.05) is 14.2 Å². The predicted molar refractivity (Wildman–Crippen MR) is 62.2 cm³/mol. The fraction of sp³-hybridized carbons (Fsp3) is 0.182. The van der Waals surface area contributed by atoms with Gasteiger partial charge in [0.1, 0.15) is 0 Å². The van der Waals surface area contributed by atoms with Crippen LogP contribution in [0.25, 0.3) is 6.08 Å². The van der Waals surface area contributed by atoms with Crippen LogP contribution in [0, 0.1) is 10.1 Å². The number of carboxylic acid groups (broad SMARTS) is 1. The van der Waals surface area contributed by atoms with E-state index in [0.29, 0.717) is 17.1 Å². The zero-order chi connectivity index (χ0) is 13.7. The summed E-state index contributed by atoms with van der Waals surface area (Å²) in [6.07, 6.45) is 0.949. The Labute approximate surface area is 102 Å². The second-order valence-corrected chi connectivity index (χ2v) is 3.21. The fourth-order valence-electron chi connectivity index (χ4n) is 1.29. The van der Waals surface area contributed by atoms with Crippen molar-refractivity contribution in [2.45, 2.75) is 0 Å². The third-order valence-corrected chi connectivity index (χ3v) is 2.13. The van der Waals surface area contributed by atoms with Crippen molar-refractivity contribution in [3.63, 3.8) is 0 Å². The van der Waals surface area contributed by atoms with Crippen LogP contribution < -0.4 is 9.47 Å². The van der Waals surface area contributed by atoms with Gasteiger partial charge in [0.25, 0.3) is 0 Å². The number of hydrogen-bond acceptors (Lipinski definition) is 5. The molecule has 0 aliphatic rings. The number of carboxylic acids is 1. The van der Waals surface area contributed by atoms with E-state index in [1.54, 1.807) is 0 Å². The lowest BCUT2D eigenvalue weighted by atomic mass is 10.1. The van der Waals surface area contributed by atoms with Crippen molar-refractivity contribution in [3.8, 4) is 11.5 Å². The molecule has 0 aliphatic heterocycles. The monoisotopic (exact) mass is 253 g/mol. The van der Waals surface area contributed by atoms with Crippen LogP contribution in [-0.4, -0.2) is 30.2 Å². The number of aliphatic carboxylic acids is 1. The number of nitro groups is 1. The Morgan fingerprint density at radius 1 is 1.33 bits per heavy atom. The van der Waals surface area contributed by atoms with Crippen molar-refractivity contribution in [1.29, 1.82) is 0 Å². The summed E-state index contributed by atoms with van der Waals surface area (Å²) in [6, 6.07) is 4.48. The molecule has 7 nitrogen and oxygen atoms in total. The maximum Gasteiger partial charge on any atom is 0.407 e. The van der Waals surface area contributed by atoms with Crippen molar-refractivity contribution in [1.82, 2.24) is 0 Å². The second kappa shape index (κ2) is 5.67. The minimum absolute atomic E-state index is 0.335. The van der Waals surface area contributed by atoms with E-state index in [4.69, 9.17) is 14.6 Å². The summed E-state index contributed by atoms with van der Waals surface area (Å²) >= 11 is 0. The van der Waals surface area contributed by atoms with Gasteiger partial charge in [0.15, 0.2) is 11.5 Å². The molecule has 96 valence electrons. The molecule has 0 bridgehead atoms. The molecule has 1 aromatic carbocycles. The summed E-state index contributed by atoms with van der Waals surface area (Å²) in [7, 11) is 2.87. The van der Waals surface area contributed by atoms with Crippen molar-refractivity contribution >= 4 is 12.0 Å². The second-order valence-electron chi connectivity index (χ2n) is 3.21. The smallest absolute Gasteiger partial charge is 0.407 e. The first-order valence-corrected chi connectivity index (χ1v) is 4.81. The minimum atomic E-state index is -1.60. The third kappa shape index (κ3) is 2.97. The van der Waals surface area contributed by atoms with Crippen LogP contribution in [0.15, 0.2) is 23.9 Å². The van der Waals surface area contributed by atoms with Crippen LogP contribution in [-0.2, 0) is 4.79 Å². The molecular weight excluding hydrogens is 242 g/mol. The molecule has 0 amide bonds. The predicted octanol–water partition coefficient (Wildman–Crippen LogP) is 1.41. The molecule has 0 atom stereocenters. The fourth-order valence-corrected chi connectivity index (χ4v) is 1.29. The molecule has 7 heteroatoms. The van der Waals surface area contributed by atoms with Crippen molar-refractivity contribution in [2.24, 2.45) is 0 Å². The van der Waals surface area contributed by atoms with Gasteiger partial charge in [-0.2, -0.15) is 0 Å². The average Bonchev–Trinajstić information content (AvgIpc) is 2.34. The lowest BCUT2D eigenvalue weighted by Crippen LogP contribution is -2.09. The van der Waals surface area contributed by atoms with Crippen molar-refractivity contribution < 1.29 is 24.3 Å². The highest BCUT2D eigenvalue weighted by molar-refractivity contribution is 5.89. The van der Waals surface area contributed by atoms with Gasteiger partial charge in [-0.3, -0.25) is 10.1 Å². The standard InChI is InChI=1S/C11H11NO6/c1-17-9-4-3-7(6-10(9)18-2)5-8(11(13)14)12(15)16/h3-6H,1-2H3,(H,13,14). The maximum absolute atomic E-state index is 10.7. The number of ether oxygens (including phenoxy) is 2. The molecule has 0 saturated heterocycles. The Morgan fingerprint density at radius 3 is 2.39 bits per heavy atom. The average molecular weight is 253 g/mol. The Morgan fingerprint density at radius 2 is 1.94 bits per heavy atom. The molecular formula is C11H11NO6. The Hall–Kier alpha value is -2.57. The summed E-state index contributed by atoms with van der Waals surface area (Å²) in [4.78, 5) is 20.2. The minimum Gasteiger partial charge on any atom is -0.493 e. The van der Waals surface area contributed by atoms with Gasteiger partial charge in [-0.1, -0.05) is 6.07 Å². The Kier molecular flexibility index (Phi) is 4.25. The molecule has 18 heavy (non-hydrogen) atoms. The summed E-state index contributed by atoms with van der Waals surface area (Å²) in [5.74, 6) is -0.790. The lowest BCUT2D eigenvalue weighted by Gasteiger charge is -2.07. The van der Waals surface area contributed by atoms with Crippen LogP contribution in [0.3, 0.4) is 0 Å². The molecule has 0 unspecified atom stereocenters. The molecule has 0 aliphatic carbocycles. The van der Waals surface area contributed by atoms with Crippen LogP contribution in [0.5, 0.6) is 11.5 Å². The normalized spacial score (nSPS) is 10.9. The van der Waals surface area contributed by atoms with Gasteiger partial charge in [0.05, 0.1) is 19.1 Å². The molecule has 0 fully saturated rings. The molecule has 0 aromatic heterocycles. The molecule has 0 radical (unpaired) electrons. The van der Waals surface area contributed by atoms with Gasteiger partial charge in [-0.15, -0.1) is 0 Å². The highest BCUT2D eigenvalue weighted by Crippen LogP contribution is 2.28. The zero-order valence-corrected chi connectivity index (χ0v) is 9.75. The Bertz CT molecular complexity index is 492. The maximum atomic E-state index is 10.7. The van der Waals surface area contributed by atoms with Gasteiger partial charge in [-0.25, -0.2) is 4.79 Å². The van der Waals surface area contributed by atoms with Crippen molar-refractivity contribution in [3.05, 3.63) is 39.6 Å². The Balaban J connectivity index is 3.22. The summed E-state index contributed by atoms with van der Waals surface area (Å²) in [5, 5.41) is 19.2. The van der Waals surface area contributed by atoms with E-state index in [2.05, 4.69) is 0 Å². The van der Waals surface area contributed by atoms with E-state index < -0.39 is 16.6 Å². The highest BCUT2D eigenvalue weighted by Gasteiger charge is 2.20. The quantitative estimate of drug-likeness (QED) is 0.483. The largest absolute Gasteiger partial charge is 0.493 e.